The zero-order chi connectivity index (χ0) is 12.0. The van der Waals surface area contributed by atoms with Crippen molar-refractivity contribution >= 4 is 23.8 Å². The Labute approximate surface area is 98.5 Å². The number of nitrogens with one attached hydrogen (secondary N) is 1. The summed E-state index contributed by atoms with van der Waals surface area (Å²) in [5.41, 5.74) is 0.461. The number of carbonyl (C=O) groups excluding carboxylic acids is 2. The van der Waals surface area contributed by atoms with Crippen LogP contribution < -0.4 is 4.72 Å². The Morgan fingerprint density at radius 1 is 1.38 bits per heavy atom. The lowest BCUT2D eigenvalue weighted by Crippen LogP contribution is -2.12. The lowest BCUT2D eigenvalue weighted by atomic mass is 10.2. The quantitative estimate of drug-likeness (QED) is 0.645. The SMILES string of the molecule is CCOC(=O)c1ccccc1SNC(C)=O. The Kier molecular flexibility index (Phi) is 4.85. The molecule has 1 amide bonds. The summed E-state index contributed by atoms with van der Waals surface area (Å²) in [6, 6.07) is 6.98. The summed E-state index contributed by atoms with van der Waals surface area (Å²) in [7, 11) is 0. The van der Waals surface area contributed by atoms with Crippen molar-refractivity contribution in [3.63, 3.8) is 0 Å². The second kappa shape index (κ2) is 6.17. The van der Waals surface area contributed by atoms with Crippen LogP contribution >= 0.6 is 11.9 Å². The van der Waals surface area contributed by atoms with Crippen molar-refractivity contribution in [3.05, 3.63) is 29.8 Å². The molecule has 0 aliphatic rings. The van der Waals surface area contributed by atoms with Crippen LogP contribution in [0.4, 0.5) is 0 Å². The van der Waals surface area contributed by atoms with E-state index in [1.54, 1.807) is 31.2 Å². The van der Waals surface area contributed by atoms with Gasteiger partial charge >= 0.3 is 5.97 Å². The van der Waals surface area contributed by atoms with Crippen molar-refractivity contribution in [2.24, 2.45) is 0 Å². The van der Waals surface area contributed by atoms with Gasteiger partial charge in [0.15, 0.2) is 0 Å². The molecule has 1 rings (SSSR count). The van der Waals surface area contributed by atoms with E-state index in [2.05, 4.69) is 4.72 Å². The fourth-order valence-corrected chi connectivity index (χ4v) is 1.72. The van der Waals surface area contributed by atoms with Crippen LogP contribution in [0.2, 0.25) is 0 Å². The average molecular weight is 239 g/mol. The molecular formula is C11H13NO3S. The summed E-state index contributed by atoms with van der Waals surface area (Å²) in [4.78, 5) is 23.0. The van der Waals surface area contributed by atoms with Gasteiger partial charge in [-0.25, -0.2) is 4.79 Å². The maximum absolute atomic E-state index is 11.6. The number of amides is 1. The van der Waals surface area contributed by atoms with Crippen LogP contribution in [0.5, 0.6) is 0 Å². The lowest BCUT2D eigenvalue weighted by molar-refractivity contribution is -0.117. The smallest absolute Gasteiger partial charge is 0.339 e. The number of carbonyl (C=O) groups is 2. The van der Waals surface area contributed by atoms with E-state index in [0.29, 0.717) is 17.1 Å². The van der Waals surface area contributed by atoms with E-state index in [4.69, 9.17) is 4.74 Å². The van der Waals surface area contributed by atoms with Gasteiger partial charge in [0.2, 0.25) is 5.91 Å². The van der Waals surface area contributed by atoms with Gasteiger partial charge in [-0.3, -0.25) is 9.52 Å². The zero-order valence-electron chi connectivity index (χ0n) is 9.15. The van der Waals surface area contributed by atoms with Crippen molar-refractivity contribution in [2.45, 2.75) is 18.7 Å². The molecule has 0 spiro atoms. The molecule has 1 N–H and O–H groups in total. The fourth-order valence-electron chi connectivity index (χ4n) is 1.06. The maximum Gasteiger partial charge on any atom is 0.339 e. The monoisotopic (exact) mass is 239 g/mol. The largest absolute Gasteiger partial charge is 0.462 e. The number of esters is 1. The highest BCUT2D eigenvalue weighted by molar-refractivity contribution is 7.98. The van der Waals surface area contributed by atoms with Crippen molar-refractivity contribution in [1.29, 1.82) is 0 Å². The maximum atomic E-state index is 11.6. The first-order valence-electron chi connectivity index (χ1n) is 4.84. The molecule has 0 aromatic heterocycles. The zero-order valence-corrected chi connectivity index (χ0v) is 9.97. The number of rotatable bonds is 4. The molecule has 0 fully saturated rings. The summed E-state index contributed by atoms with van der Waals surface area (Å²) < 4.78 is 7.48. The molecule has 1 aromatic rings. The van der Waals surface area contributed by atoms with Crippen LogP contribution in [0.25, 0.3) is 0 Å². The highest BCUT2D eigenvalue weighted by atomic mass is 32.2. The van der Waals surface area contributed by atoms with Crippen molar-refractivity contribution in [1.82, 2.24) is 4.72 Å². The van der Waals surface area contributed by atoms with Crippen LogP contribution in [0, 0.1) is 0 Å². The fraction of sp³-hybridized carbons (Fsp3) is 0.273. The Morgan fingerprint density at radius 2 is 2.06 bits per heavy atom. The van der Waals surface area contributed by atoms with Crippen LogP contribution in [0.3, 0.4) is 0 Å². The summed E-state index contributed by atoms with van der Waals surface area (Å²) >= 11 is 1.11. The van der Waals surface area contributed by atoms with Gasteiger partial charge in [-0.15, -0.1) is 0 Å². The second-order valence-electron chi connectivity index (χ2n) is 2.98. The van der Waals surface area contributed by atoms with Crippen molar-refractivity contribution < 1.29 is 14.3 Å². The molecule has 0 saturated carbocycles. The molecule has 16 heavy (non-hydrogen) atoms. The molecule has 5 heteroatoms. The molecule has 86 valence electrons. The normalized spacial score (nSPS) is 9.62. The first-order valence-corrected chi connectivity index (χ1v) is 5.66. The van der Waals surface area contributed by atoms with Crippen molar-refractivity contribution in [2.75, 3.05) is 6.61 Å². The minimum Gasteiger partial charge on any atom is -0.462 e. The van der Waals surface area contributed by atoms with Crippen molar-refractivity contribution in [3.8, 4) is 0 Å². The predicted molar refractivity (Wildman–Crippen MR) is 62.1 cm³/mol. The van der Waals surface area contributed by atoms with Gasteiger partial charge in [-0.1, -0.05) is 12.1 Å². The van der Waals surface area contributed by atoms with Gasteiger partial charge < -0.3 is 4.74 Å². The molecular weight excluding hydrogens is 226 g/mol. The first kappa shape index (κ1) is 12.6. The topological polar surface area (TPSA) is 55.4 Å². The van der Waals surface area contributed by atoms with E-state index in [9.17, 15) is 9.59 Å². The number of hydrogen-bond donors (Lipinski definition) is 1. The first-order chi connectivity index (χ1) is 7.65. The standard InChI is InChI=1S/C11H13NO3S/c1-3-15-11(14)9-6-4-5-7-10(9)16-12-8(2)13/h4-7H,3H2,1-2H3,(H,12,13). The minimum atomic E-state index is -0.379. The summed E-state index contributed by atoms with van der Waals surface area (Å²) in [5, 5.41) is 0. The van der Waals surface area contributed by atoms with Crippen LogP contribution in [0.1, 0.15) is 24.2 Å². The third-order valence-electron chi connectivity index (χ3n) is 1.69. The Hall–Kier alpha value is -1.49. The molecule has 0 aliphatic carbocycles. The molecule has 0 unspecified atom stereocenters. The summed E-state index contributed by atoms with van der Waals surface area (Å²) in [6.45, 7) is 3.50. The number of ether oxygens (including phenoxy) is 1. The number of hydrogen-bond acceptors (Lipinski definition) is 4. The molecule has 0 atom stereocenters. The molecule has 0 heterocycles. The molecule has 0 radical (unpaired) electrons. The second-order valence-corrected chi connectivity index (χ2v) is 3.83. The number of benzene rings is 1. The Bertz CT molecular complexity index is 393. The van der Waals surface area contributed by atoms with E-state index >= 15 is 0 Å². The predicted octanol–water partition coefficient (Wildman–Crippen LogP) is 2.01. The minimum absolute atomic E-state index is 0.163. The highest BCUT2D eigenvalue weighted by Crippen LogP contribution is 2.20. The van der Waals surface area contributed by atoms with E-state index in [1.807, 2.05) is 0 Å². The van der Waals surface area contributed by atoms with E-state index in [-0.39, 0.29) is 11.9 Å². The molecule has 0 aliphatic heterocycles. The molecule has 1 aromatic carbocycles. The van der Waals surface area contributed by atoms with E-state index in [1.165, 1.54) is 6.92 Å². The van der Waals surface area contributed by atoms with Gasteiger partial charge in [0.1, 0.15) is 0 Å². The van der Waals surface area contributed by atoms with Crippen LogP contribution in [0.15, 0.2) is 29.2 Å². The Balaban J connectivity index is 2.82. The molecule has 0 saturated heterocycles. The third kappa shape index (κ3) is 3.58. The summed E-state index contributed by atoms with van der Waals surface area (Å²) in [6.07, 6.45) is 0. The molecule has 0 bridgehead atoms. The van der Waals surface area contributed by atoms with Gasteiger partial charge in [-0.2, -0.15) is 0 Å². The Morgan fingerprint density at radius 3 is 2.69 bits per heavy atom. The lowest BCUT2D eigenvalue weighted by Gasteiger charge is -2.07. The van der Waals surface area contributed by atoms with E-state index < -0.39 is 0 Å². The highest BCUT2D eigenvalue weighted by Gasteiger charge is 2.12. The van der Waals surface area contributed by atoms with Gasteiger partial charge in [0.25, 0.3) is 0 Å². The van der Waals surface area contributed by atoms with Crippen LogP contribution in [-0.4, -0.2) is 18.5 Å². The van der Waals surface area contributed by atoms with Gasteiger partial charge in [0, 0.05) is 11.8 Å². The summed E-state index contributed by atoms with van der Waals surface area (Å²) in [5.74, 6) is -0.542. The van der Waals surface area contributed by atoms with Crippen LogP contribution in [-0.2, 0) is 9.53 Å². The third-order valence-corrected chi connectivity index (χ3v) is 2.65. The van der Waals surface area contributed by atoms with Gasteiger partial charge in [-0.05, 0) is 31.0 Å². The molecule has 4 nitrogen and oxygen atoms in total. The van der Waals surface area contributed by atoms with Gasteiger partial charge in [0.05, 0.1) is 12.2 Å². The van der Waals surface area contributed by atoms with E-state index in [0.717, 1.165) is 11.9 Å². The average Bonchev–Trinajstić information content (AvgIpc) is 2.27.